The van der Waals surface area contributed by atoms with E-state index in [2.05, 4.69) is 37.4 Å². The van der Waals surface area contributed by atoms with E-state index in [-0.39, 0.29) is 5.57 Å². The van der Waals surface area contributed by atoms with Crippen molar-refractivity contribution in [3.8, 4) is 5.75 Å². The van der Waals surface area contributed by atoms with Crippen molar-refractivity contribution in [3.63, 3.8) is 0 Å². The molecule has 0 atom stereocenters. The van der Waals surface area contributed by atoms with Gasteiger partial charge in [0.25, 0.3) is 11.8 Å². The number of barbiturate groups is 1. The first-order valence-corrected chi connectivity index (χ1v) is 11.0. The number of hydrogen-bond acceptors (Lipinski definition) is 4. The van der Waals surface area contributed by atoms with Crippen molar-refractivity contribution in [3.05, 3.63) is 99.6 Å². The Morgan fingerprint density at radius 1 is 0.824 bits per heavy atom. The Labute approximate surface area is 198 Å². The molecule has 1 saturated heterocycles. The lowest BCUT2D eigenvalue weighted by molar-refractivity contribution is -0.122. The van der Waals surface area contributed by atoms with Gasteiger partial charge in [-0.2, -0.15) is 0 Å². The Morgan fingerprint density at radius 2 is 1.50 bits per heavy atom. The Hall–Kier alpha value is -4.19. The number of amides is 4. The number of ether oxygens (including phenoxy) is 1. The summed E-state index contributed by atoms with van der Waals surface area (Å²) in [7, 11) is 0. The van der Waals surface area contributed by atoms with Gasteiger partial charge in [0.2, 0.25) is 0 Å². The van der Waals surface area contributed by atoms with E-state index >= 15 is 0 Å². The number of imide groups is 2. The van der Waals surface area contributed by atoms with Crippen LogP contribution in [0, 0.1) is 27.7 Å². The molecule has 6 heteroatoms. The van der Waals surface area contributed by atoms with Crippen molar-refractivity contribution in [2.45, 2.75) is 34.3 Å². The SMILES string of the molecule is Cc1cc(C)cc(COc2ccc(/C=C3\C(=O)NC(=O)N(c4ccc(C)c(C)c4)C3=O)cc2)c1. The number of benzene rings is 3. The maximum atomic E-state index is 13.1. The molecule has 1 fully saturated rings. The molecule has 1 aliphatic heterocycles. The quantitative estimate of drug-likeness (QED) is 0.427. The third kappa shape index (κ3) is 4.91. The topological polar surface area (TPSA) is 75.7 Å². The first-order valence-electron chi connectivity index (χ1n) is 11.0. The molecule has 6 nitrogen and oxygen atoms in total. The molecule has 3 aromatic carbocycles. The number of aryl methyl sites for hydroxylation is 4. The van der Waals surface area contributed by atoms with Crippen LogP contribution in [0.25, 0.3) is 6.08 Å². The second-order valence-corrected chi connectivity index (χ2v) is 8.58. The smallest absolute Gasteiger partial charge is 0.335 e. The van der Waals surface area contributed by atoms with Gasteiger partial charge in [-0.25, -0.2) is 9.69 Å². The molecule has 4 rings (SSSR count). The van der Waals surface area contributed by atoms with E-state index in [0.717, 1.165) is 21.6 Å². The van der Waals surface area contributed by atoms with Crippen LogP contribution < -0.4 is 15.0 Å². The highest BCUT2D eigenvalue weighted by Crippen LogP contribution is 2.25. The summed E-state index contributed by atoms with van der Waals surface area (Å²) < 4.78 is 5.88. The molecule has 0 bridgehead atoms. The Morgan fingerprint density at radius 3 is 2.15 bits per heavy atom. The summed E-state index contributed by atoms with van der Waals surface area (Å²) in [5.74, 6) is -0.704. The van der Waals surface area contributed by atoms with Crippen LogP contribution in [0.3, 0.4) is 0 Å². The summed E-state index contributed by atoms with van der Waals surface area (Å²) in [6.07, 6.45) is 1.48. The van der Waals surface area contributed by atoms with E-state index in [1.54, 1.807) is 36.4 Å². The van der Waals surface area contributed by atoms with Crippen molar-refractivity contribution in [1.29, 1.82) is 0 Å². The maximum Gasteiger partial charge on any atom is 0.335 e. The highest BCUT2D eigenvalue weighted by Gasteiger charge is 2.36. The number of rotatable bonds is 5. The molecule has 0 radical (unpaired) electrons. The summed E-state index contributed by atoms with van der Waals surface area (Å²) in [6, 6.07) is 17.9. The average molecular weight is 455 g/mol. The summed E-state index contributed by atoms with van der Waals surface area (Å²) in [4.78, 5) is 38.9. The molecule has 0 spiro atoms. The predicted octanol–water partition coefficient (Wildman–Crippen LogP) is 5.17. The molecular weight excluding hydrogens is 428 g/mol. The molecule has 4 amide bonds. The van der Waals surface area contributed by atoms with Crippen LogP contribution in [-0.4, -0.2) is 17.8 Å². The number of urea groups is 1. The van der Waals surface area contributed by atoms with Gasteiger partial charge in [0, 0.05) is 0 Å². The Bertz CT molecular complexity index is 1300. The maximum absolute atomic E-state index is 13.1. The van der Waals surface area contributed by atoms with Crippen LogP contribution in [0.15, 0.2) is 66.2 Å². The Balaban J connectivity index is 1.52. The largest absolute Gasteiger partial charge is 0.489 e. The lowest BCUT2D eigenvalue weighted by atomic mass is 10.1. The van der Waals surface area contributed by atoms with E-state index in [9.17, 15) is 14.4 Å². The standard InChI is InChI=1S/C28H26N2O4/c1-17-11-18(2)13-22(12-17)16-34-24-9-6-21(7-10-24)15-25-26(31)29-28(33)30(27(25)32)23-8-5-19(3)20(4)14-23/h5-15H,16H2,1-4H3,(H,29,31,33)/b25-15+. The highest BCUT2D eigenvalue weighted by atomic mass is 16.5. The molecular formula is C28H26N2O4. The molecule has 0 saturated carbocycles. The monoisotopic (exact) mass is 454 g/mol. The van der Waals surface area contributed by atoms with Gasteiger partial charge in [0.05, 0.1) is 5.69 Å². The van der Waals surface area contributed by atoms with E-state index < -0.39 is 17.8 Å². The molecule has 0 aromatic heterocycles. The van der Waals surface area contributed by atoms with E-state index in [0.29, 0.717) is 23.6 Å². The fraction of sp³-hybridized carbons (Fsp3) is 0.179. The average Bonchev–Trinajstić information content (AvgIpc) is 2.77. The van der Waals surface area contributed by atoms with Crippen LogP contribution in [0.4, 0.5) is 10.5 Å². The first kappa shape index (κ1) is 23.0. The van der Waals surface area contributed by atoms with Crippen molar-refractivity contribution in [2.24, 2.45) is 0 Å². The van der Waals surface area contributed by atoms with Crippen molar-refractivity contribution in [1.82, 2.24) is 5.32 Å². The van der Waals surface area contributed by atoms with Crippen LogP contribution in [0.1, 0.15) is 33.4 Å². The molecule has 172 valence electrons. The van der Waals surface area contributed by atoms with Gasteiger partial charge in [-0.3, -0.25) is 14.9 Å². The van der Waals surface area contributed by atoms with Crippen molar-refractivity contribution < 1.29 is 19.1 Å². The van der Waals surface area contributed by atoms with Gasteiger partial charge in [-0.1, -0.05) is 47.5 Å². The second kappa shape index (κ2) is 9.35. The summed E-state index contributed by atoms with van der Waals surface area (Å²) in [5, 5.41) is 2.26. The zero-order valence-corrected chi connectivity index (χ0v) is 19.6. The molecule has 1 aliphatic rings. The number of nitrogens with zero attached hydrogens (tertiary/aromatic N) is 1. The molecule has 1 heterocycles. The number of carbonyl (C=O) groups excluding carboxylic acids is 3. The Kier molecular flexibility index (Phi) is 6.32. The minimum absolute atomic E-state index is 0.110. The highest BCUT2D eigenvalue weighted by molar-refractivity contribution is 6.39. The van der Waals surface area contributed by atoms with Gasteiger partial charge < -0.3 is 4.74 Å². The molecule has 34 heavy (non-hydrogen) atoms. The molecule has 3 aromatic rings. The number of hydrogen-bond donors (Lipinski definition) is 1. The lowest BCUT2D eigenvalue weighted by Crippen LogP contribution is -2.54. The van der Waals surface area contributed by atoms with Gasteiger partial charge in [-0.15, -0.1) is 0 Å². The number of anilines is 1. The number of carbonyl (C=O) groups is 3. The van der Waals surface area contributed by atoms with Gasteiger partial charge >= 0.3 is 6.03 Å². The number of nitrogens with one attached hydrogen (secondary N) is 1. The van der Waals surface area contributed by atoms with E-state index in [4.69, 9.17) is 4.74 Å². The van der Waals surface area contributed by atoms with E-state index in [1.807, 2.05) is 19.9 Å². The third-order valence-electron chi connectivity index (χ3n) is 5.73. The van der Waals surface area contributed by atoms with Gasteiger partial charge in [-0.05, 0) is 80.3 Å². The van der Waals surface area contributed by atoms with Gasteiger partial charge in [0.1, 0.15) is 17.9 Å². The van der Waals surface area contributed by atoms with Crippen molar-refractivity contribution in [2.75, 3.05) is 4.90 Å². The summed E-state index contributed by atoms with van der Waals surface area (Å²) in [5.41, 5.74) is 6.39. The minimum atomic E-state index is -0.759. The summed E-state index contributed by atoms with van der Waals surface area (Å²) >= 11 is 0. The zero-order valence-electron chi connectivity index (χ0n) is 19.6. The fourth-order valence-electron chi connectivity index (χ4n) is 3.90. The van der Waals surface area contributed by atoms with Crippen molar-refractivity contribution >= 4 is 29.6 Å². The van der Waals surface area contributed by atoms with Gasteiger partial charge in [0.15, 0.2) is 0 Å². The predicted molar refractivity (Wildman–Crippen MR) is 132 cm³/mol. The summed E-state index contributed by atoms with van der Waals surface area (Å²) in [6.45, 7) is 8.39. The molecule has 0 unspecified atom stereocenters. The first-order chi connectivity index (χ1) is 16.2. The molecule has 1 N–H and O–H groups in total. The lowest BCUT2D eigenvalue weighted by Gasteiger charge is -2.26. The minimum Gasteiger partial charge on any atom is -0.489 e. The van der Waals surface area contributed by atoms with Crippen LogP contribution >= 0.6 is 0 Å². The molecule has 0 aliphatic carbocycles. The van der Waals surface area contributed by atoms with E-state index in [1.165, 1.54) is 17.2 Å². The second-order valence-electron chi connectivity index (χ2n) is 8.58. The van der Waals surface area contributed by atoms with Crippen LogP contribution in [0.2, 0.25) is 0 Å². The third-order valence-corrected chi connectivity index (χ3v) is 5.73. The van der Waals surface area contributed by atoms with Crippen LogP contribution in [-0.2, 0) is 16.2 Å². The normalized spacial score (nSPS) is 15.0. The zero-order chi connectivity index (χ0) is 24.4. The van der Waals surface area contributed by atoms with Crippen LogP contribution in [0.5, 0.6) is 5.75 Å². The fourth-order valence-corrected chi connectivity index (χ4v) is 3.90.